The standard InChI is InChI=1S/C21H30N4O.HI/c1-17(18-9-4-3-5-10-18)25-21(12-6-7-13-21)16-24-20(22-2)23-15-19-11-8-14-26-19;/h3-5,8-11,14,17,25H,6-7,12-13,15-16H2,1-2H3,(H2,22,23,24);1H. The van der Waals surface area contributed by atoms with Gasteiger partial charge in [0.05, 0.1) is 12.8 Å². The molecule has 1 fully saturated rings. The molecule has 0 amide bonds. The van der Waals surface area contributed by atoms with Crippen molar-refractivity contribution in [1.29, 1.82) is 0 Å². The minimum atomic E-state index is 0. The molecule has 1 unspecified atom stereocenters. The van der Waals surface area contributed by atoms with Gasteiger partial charge in [-0.25, -0.2) is 0 Å². The fourth-order valence-electron chi connectivity index (χ4n) is 3.77. The lowest BCUT2D eigenvalue weighted by molar-refractivity contribution is 0.297. The van der Waals surface area contributed by atoms with E-state index in [9.17, 15) is 0 Å². The molecule has 0 radical (unpaired) electrons. The molecule has 0 saturated heterocycles. The van der Waals surface area contributed by atoms with Crippen molar-refractivity contribution in [2.45, 2.75) is 50.7 Å². The van der Waals surface area contributed by atoms with Crippen molar-refractivity contribution in [1.82, 2.24) is 16.0 Å². The fraction of sp³-hybridized carbons (Fsp3) is 0.476. The molecule has 27 heavy (non-hydrogen) atoms. The quantitative estimate of drug-likeness (QED) is 0.314. The molecule has 3 rings (SSSR count). The first kappa shape index (κ1) is 21.8. The molecule has 3 N–H and O–H groups in total. The van der Waals surface area contributed by atoms with Gasteiger partial charge < -0.3 is 20.4 Å². The summed E-state index contributed by atoms with van der Waals surface area (Å²) in [7, 11) is 1.80. The summed E-state index contributed by atoms with van der Waals surface area (Å²) in [4.78, 5) is 4.34. The number of nitrogens with zero attached hydrogens (tertiary/aromatic N) is 1. The Morgan fingerprint density at radius 3 is 2.48 bits per heavy atom. The van der Waals surface area contributed by atoms with Crippen LogP contribution in [0.4, 0.5) is 0 Å². The Kier molecular flexibility index (Phi) is 8.63. The Labute approximate surface area is 179 Å². The number of guanidine groups is 1. The van der Waals surface area contributed by atoms with Crippen molar-refractivity contribution in [2.75, 3.05) is 13.6 Å². The lowest BCUT2D eigenvalue weighted by Crippen LogP contribution is -2.54. The van der Waals surface area contributed by atoms with Crippen LogP contribution in [0.25, 0.3) is 0 Å². The molecular weight excluding hydrogens is 451 g/mol. The van der Waals surface area contributed by atoms with Crippen molar-refractivity contribution in [3.8, 4) is 0 Å². The summed E-state index contributed by atoms with van der Waals surface area (Å²) in [5.41, 5.74) is 1.44. The SMILES string of the molecule is CN=C(NCc1ccco1)NCC1(NC(C)c2ccccc2)CCCC1.I. The Hall–Kier alpha value is -1.54. The third-order valence-electron chi connectivity index (χ3n) is 5.21. The highest BCUT2D eigenvalue weighted by atomic mass is 127. The number of aliphatic imine (C=N–C) groups is 1. The summed E-state index contributed by atoms with van der Waals surface area (Å²) >= 11 is 0. The highest BCUT2D eigenvalue weighted by molar-refractivity contribution is 14.0. The number of nitrogens with one attached hydrogen (secondary N) is 3. The van der Waals surface area contributed by atoms with Gasteiger partial charge in [0.2, 0.25) is 0 Å². The second-order valence-electron chi connectivity index (χ2n) is 7.12. The van der Waals surface area contributed by atoms with Crippen LogP contribution in [-0.4, -0.2) is 25.1 Å². The smallest absolute Gasteiger partial charge is 0.191 e. The average Bonchev–Trinajstić information content (AvgIpc) is 3.35. The van der Waals surface area contributed by atoms with Gasteiger partial charge in [-0.05, 0) is 37.5 Å². The van der Waals surface area contributed by atoms with E-state index in [1.54, 1.807) is 13.3 Å². The van der Waals surface area contributed by atoms with E-state index in [4.69, 9.17) is 4.42 Å². The maximum absolute atomic E-state index is 5.37. The second kappa shape index (κ2) is 10.7. The number of furan rings is 1. The van der Waals surface area contributed by atoms with E-state index >= 15 is 0 Å². The third-order valence-corrected chi connectivity index (χ3v) is 5.21. The van der Waals surface area contributed by atoms with Crippen LogP contribution in [0.3, 0.4) is 0 Å². The zero-order valence-electron chi connectivity index (χ0n) is 16.2. The van der Waals surface area contributed by atoms with Gasteiger partial charge in [-0.1, -0.05) is 43.2 Å². The van der Waals surface area contributed by atoms with E-state index < -0.39 is 0 Å². The van der Waals surface area contributed by atoms with E-state index in [0.717, 1.165) is 18.3 Å². The van der Waals surface area contributed by atoms with Gasteiger partial charge in [0.15, 0.2) is 5.96 Å². The topological polar surface area (TPSA) is 61.6 Å². The monoisotopic (exact) mass is 482 g/mol. The van der Waals surface area contributed by atoms with E-state index in [1.165, 1.54) is 31.2 Å². The van der Waals surface area contributed by atoms with Crippen molar-refractivity contribution in [3.63, 3.8) is 0 Å². The molecule has 1 aliphatic carbocycles. The van der Waals surface area contributed by atoms with Crippen molar-refractivity contribution in [3.05, 3.63) is 60.1 Å². The fourth-order valence-corrected chi connectivity index (χ4v) is 3.77. The Morgan fingerprint density at radius 1 is 1.11 bits per heavy atom. The minimum absolute atomic E-state index is 0. The van der Waals surface area contributed by atoms with Crippen LogP contribution in [0, 0.1) is 0 Å². The largest absolute Gasteiger partial charge is 0.467 e. The van der Waals surface area contributed by atoms with E-state index in [2.05, 4.69) is 58.2 Å². The predicted molar refractivity (Wildman–Crippen MR) is 122 cm³/mol. The summed E-state index contributed by atoms with van der Waals surface area (Å²) in [5.74, 6) is 1.71. The van der Waals surface area contributed by atoms with Crippen molar-refractivity contribution >= 4 is 29.9 Å². The number of benzene rings is 1. The maximum atomic E-state index is 5.37. The first-order valence-electron chi connectivity index (χ1n) is 9.50. The van der Waals surface area contributed by atoms with Crippen molar-refractivity contribution in [2.24, 2.45) is 4.99 Å². The van der Waals surface area contributed by atoms with Gasteiger partial charge in [-0.2, -0.15) is 0 Å². The van der Waals surface area contributed by atoms with Gasteiger partial charge in [-0.3, -0.25) is 4.99 Å². The van der Waals surface area contributed by atoms with Crippen LogP contribution in [0.5, 0.6) is 0 Å². The number of hydrogen-bond donors (Lipinski definition) is 3. The molecule has 1 aromatic heterocycles. The number of rotatable bonds is 7. The zero-order chi connectivity index (χ0) is 18.2. The summed E-state index contributed by atoms with van der Waals surface area (Å²) in [6.07, 6.45) is 6.61. The first-order valence-corrected chi connectivity index (χ1v) is 9.50. The van der Waals surface area contributed by atoms with Crippen molar-refractivity contribution < 1.29 is 4.42 Å². The Morgan fingerprint density at radius 2 is 1.85 bits per heavy atom. The summed E-state index contributed by atoms with van der Waals surface area (Å²) in [5, 5.41) is 10.7. The van der Waals surface area contributed by atoms with Crippen LogP contribution in [-0.2, 0) is 6.54 Å². The molecule has 6 heteroatoms. The van der Waals surface area contributed by atoms with Gasteiger partial charge in [0.1, 0.15) is 5.76 Å². The van der Waals surface area contributed by atoms with Crippen LogP contribution in [0.2, 0.25) is 0 Å². The summed E-state index contributed by atoms with van der Waals surface area (Å²) in [6, 6.07) is 14.8. The third kappa shape index (κ3) is 6.24. The molecule has 1 atom stereocenters. The molecule has 1 aliphatic rings. The molecule has 1 saturated carbocycles. The van der Waals surface area contributed by atoms with Gasteiger partial charge in [0, 0.05) is 25.2 Å². The van der Waals surface area contributed by atoms with Gasteiger partial charge >= 0.3 is 0 Å². The average molecular weight is 482 g/mol. The molecule has 0 aliphatic heterocycles. The van der Waals surface area contributed by atoms with Gasteiger partial charge in [0.25, 0.3) is 0 Å². The molecular formula is C21H31IN4O. The molecule has 148 valence electrons. The Bertz CT molecular complexity index is 681. The molecule has 0 spiro atoms. The zero-order valence-corrected chi connectivity index (χ0v) is 18.5. The lowest BCUT2D eigenvalue weighted by Gasteiger charge is -2.34. The number of halogens is 1. The van der Waals surface area contributed by atoms with E-state index in [1.807, 2.05) is 12.1 Å². The number of hydrogen-bond acceptors (Lipinski definition) is 3. The Balaban J connectivity index is 0.00000261. The van der Waals surface area contributed by atoms with Crippen LogP contribution >= 0.6 is 24.0 Å². The highest BCUT2D eigenvalue weighted by Gasteiger charge is 2.35. The van der Waals surface area contributed by atoms with E-state index in [-0.39, 0.29) is 29.5 Å². The predicted octanol–water partition coefficient (Wildman–Crippen LogP) is 4.23. The highest BCUT2D eigenvalue weighted by Crippen LogP contribution is 2.31. The molecule has 2 aromatic rings. The first-order chi connectivity index (χ1) is 12.7. The lowest BCUT2D eigenvalue weighted by atomic mass is 9.94. The molecule has 5 nitrogen and oxygen atoms in total. The molecule has 1 aromatic carbocycles. The maximum Gasteiger partial charge on any atom is 0.191 e. The normalized spacial score (nSPS) is 17.2. The van der Waals surface area contributed by atoms with Crippen LogP contribution < -0.4 is 16.0 Å². The van der Waals surface area contributed by atoms with Crippen LogP contribution in [0.1, 0.15) is 50.0 Å². The van der Waals surface area contributed by atoms with Crippen LogP contribution in [0.15, 0.2) is 58.1 Å². The molecule has 0 bridgehead atoms. The summed E-state index contributed by atoms with van der Waals surface area (Å²) < 4.78 is 5.37. The second-order valence-corrected chi connectivity index (χ2v) is 7.12. The summed E-state index contributed by atoms with van der Waals surface area (Å²) in [6.45, 7) is 3.74. The van der Waals surface area contributed by atoms with Gasteiger partial charge in [-0.15, -0.1) is 24.0 Å². The minimum Gasteiger partial charge on any atom is -0.467 e. The molecule has 1 heterocycles. The van der Waals surface area contributed by atoms with E-state index in [0.29, 0.717) is 12.6 Å².